The molecule has 2 heterocycles. The first-order valence-corrected chi connectivity index (χ1v) is 7.47. The Labute approximate surface area is 136 Å². The third kappa shape index (κ3) is 5.63. The van der Waals surface area contributed by atoms with Crippen molar-refractivity contribution in [2.75, 3.05) is 32.5 Å². The molecule has 0 aliphatic carbocycles. The van der Waals surface area contributed by atoms with Gasteiger partial charge in [0.05, 0.1) is 12.2 Å². The molecule has 0 fully saturated rings. The number of likely N-dealkylation sites (N-methyl/N-ethyl adjacent to an activating group) is 1. The average molecular weight is 314 g/mol. The van der Waals surface area contributed by atoms with Crippen molar-refractivity contribution in [3.8, 4) is 0 Å². The highest BCUT2D eigenvalue weighted by Crippen LogP contribution is 2.07. The Balaban J connectivity index is 1.97. The number of anilines is 1. The fraction of sp³-hybridized carbons (Fsp3) is 0.375. The maximum absolute atomic E-state index is 12.2. The lowest BCUT2D eigenvalue weighted by atomic mass is 10.3. The fourth-order valence-electron chi connectivity index (χ4n) is 1.95. The molecule has 2 rings (SSSR count). The van der Waals surface area contributed by atoms with Gasteiger partial charge in [-0.2, -0.15) is 0 Å². The molecular formula is C16H22N6O. The minimum atomic E-state index is -0.239. The van der Waals surface area contributed by atoms with Crippen LogP contribution in [0.15, 0.2) is 30.5 Å². The van der Waals surface area contributed by atoms with E-state index in [1.54, 1.807) is 19.2 Å². The highest BCUT2D eigenvalue weighted by Gasteiger charge is 2.10. The van der Waals surface area contributed by atoms with Crippen LogP contribution in [0.5, 0.6) is 0 Å². The van der Waals surface area contributed by atoms with Gasteiger partial charge in [0.2, 0.25) is 0 Å². The number of aryl methyl sites for hydroxylation is 1. The second-order valence-electron chi connectivity index (χ2n) is 5.42. The summed E-state index contributed by atoms with van der Waals surface area (Å²) in [6, 6.07) is 7.25. The highest BCUT2D eigenvalue weighted by atomic mass is 16.1. The van der Waals surface area contributed by atoms with Crippen molar-refractivity contribution in [3.05, 3.63) is 47.7 Å². The van der Waals surface area contributed by atoms with Crippen LogP contribution in [0.3, 0.4) is 0 Å². The van der Waals surface area contributed by atoms with Gasteiger partial charge in [-0.25, -0.2) is 9.97 Å². The zero-order chi connectivity index (χ0) is 16.7. The molecule has 2 aromatic heterocycles. The van der Waals surface area contributed by atoms with E-state index < -0.39 is 0 Å². The predicted octanol–water partition coefficient (Wildman–Crippen LogP) is 1.08. The number of hydrogen-bond acceptors (Lipinski definition) is 6. The monoisotopic (exact) mass is 314 g/mol. The van der Waals surface area contributed by atoms with Crippen molar-refractivity contribution < 1.29 is 4.79 Å². The Kier molecular flexibility index (Phi) is 5.99. The molecule has 7 heteroatoms. The second-order valence-corrected chi connectivity index (χ2v) is 5.42. The number of aromatic nitrogens is 3. The first-order chi connectivity index (χ1) is 11.0. The largest absolute Gasteiger partial charge is 0.369 e. The Bertz CT molecular complexity index is 644. The third-order valence-electron chi connectivity index (χ3n) is 3.09. The Morgan fingerprint density at radius 2 is 2.09 bits per heavy atom. The molecule has 0 saturated heterocycles. The second kappa shape index (κ2) is 8.19. The smallest absolute Gasteiger partial charge is 0.270 e. The summed E-state index contributed by atoms with van der Waals surface area (Å²) >= 11 is 0. The van der Waals surface area contributed by atoms with Crippen molar-refractivity contribution in [1.29, 1.82) is 0 Å². The van der Waals surface area contributed by atoms with Crippen LogP contribution >= 0.6 is 0 Å². The number of amides is 1. The van der Waals surface area contributed by atoms with E-state index in [1.165, 1.54) is 0 Å². The molecule has 0 saturated carbocycles. The SMILES string of the molecule is Cc1nc(NCCN(C)C)cc(C(=O)NCc2ccccn2)n1. The first kappa shape index (κ1) is 16.8. The van der Waals surface area contributed by atoms with E-state index in [0.717, 1.165) is 18.8 Å². The van der Waals surface area contributed by atoms with E-state index in [9.17, 15) is 4.79 Å². The highest BCUT2D eigenvalue weighted by molar-refractivity contribution is 5.92. The van der Waals surface area contributed by atoms with Gasteiger partial charge >= 0.3 is 0 Å². The van der Waals surface area contributed by atoms with E-state index in [1.807, 2.05) is 32.3 Å². The molecule has 0 radical (unpaired) electrons. The summed E-state index contributed by atoms with van der Waals surface area (Å²) in [7, 11) is 4.01. The summed E-state index contributed by atoms with van der Waals surface area (Å²) in [5.74, 6) is 0.974. The van der Waals surface area contributed by atoms with Crippen LogP contribution in [0.4, 0.5) is 5.82 Å². The number of hydrogen-bond donors (Lipinski definition) is 2. The van der Waals surface area contributed by atoms with Crippen LogP contribution in [0.1, 0.15) is 22.0 Å². The van der Waals surface area contributed by atoms with Gasteiger partial charge in [-0.3, -0.25) is 9.78 Å². The molecule has 0 aromatic carbocycles. The Morgan fingerprint density at radius 3 is 2.78 bits per heavy atom. The van der Waals surface area contributed by atoms with Gasteiger partial charge in [0.15, 0.2) is 0 Å². The number of carbonyl (C=O) groups excluding carboxylic acids is 1. The van der Waals surface area contributed by atoms with Gasteiger partial charge in [0, 0.05) is 25.4 Å². The number of nitrogens with one attached hydrogen (secondary N) is 2. The van der Waals surface area contributed by atoms with Gasteiger partial charge in [-0.1, -0.05) is 6.07 Å². The standard InChI is InChI=1S/C16H22N6O/c1-12-20-14(10-15(21-12)18-8-9-22(2)3)16(23)19-11-13-6-4-5-7-17-13/h4-7,10H,8-9,11H2,1-3H3,(H,19,23)(H,18,20,21). The summed E-state index contributed by atoms with van der Waals surface area (Å²) in [6.45, 7) is 3.77. The molecule has 0 atom stereocenters. The normalized spacial score (nSPS) is 10.6. The molecule has 122 valence electrons. The van der Waals surface area contributed by atoms with Crippen LogP contribution in [-0.2, 0) is 6.54 Å². The van der Waals surface area contributed by atoms with Crippen molar-refractivity contribution >= 4 is 11.7 Å². The molecule has 23 heavy (non-hydrogen) atoms. The Morgan fingerprint density at radius 1 is 1.26 bits per heavy atom. The molecule has 2 aromatic rings. The van der Waals surface area contributed by atoms with Crippen LogP contribution in [0.2, 0.25) is 0 Å². The topological polar surface area (TPSA) is 83.0 Å². The molecule has 0 unspecified atom stereocenters. The van der Waals surface area contributed by atoms with Crippen LogP contribution in [0.25, 0.3) is 0 Å². The van der Waals surface area contributed by atoms with E-state index in [4.69, 9.17) is 0 Å². The van der Waals surface area contributed by atoms with Crippen LogP contribution < -0.4 is 10.6 Å². The van der Waals surface area contributed by atoms with Crippen LogP contribution in [-0.4, -0.2) is 52.9 Å². The van der Waals surface area contributed by atoms with E-state index in [2.05, 4.69) is 30.5 Å². The Hall–Kier alpha value is -2.54. The van der Waals surface area contributed by atoms with E-state index >= 15 is 0 Å². The van der Waals surface area contributed by atoms with Gasteiger partial charge in [-0.05, 0) is 33.2 Å². The summed E-state index contributed by atoms with van der Waals surface area (Å²) in [5.41, 5.74) is 1.15. The summed E-state index contributed by atoms with van der Waals surface area (Å²) in [4.78, 5) is 27.0. The van der Waals surface area contributed by atoms with Gasteiger partial charge in [-0.15, -0.1) is 0 Å². The first-order valence-electron chi connectivity index (χ1n) is 7.47. The van der Waals surface area contributed by atoms with Gasteiger partial charge < -0.3 is 15.5 Å². The zero-order valence-electron chi connectivity index (χ0n) is 13.7. The number of rotatable bonds is 7. The molecule has 7 nitrogen and oxygen atoms in total. The summed E-state index contributed by atoms with van der Waals surface area (Å²) in [5, 5.41) is 6.02. The molecule has 2 N–H and O–H groups in total. The van der Waals surface area contributed by atoms with Crippen molar-refractivity contribution in [3.63, 3.8) is 0 Å². The minimum absolute atomic E-state index is 0.239. The van der Waals surface area contributed by atoms with E-state index in [-0.39, 0.29) is 5.91 Å². The summed E-state index contributed by atoms with van der Waals surface area (Å²) < 4.78 is 0. The van der Waals surface area contributed by atoms with Crippen molar-refractivity contribution in [2.24, 2.45) is 0 Å². The molecule has 0 aliphatic rings. The number of pyridine rings is 1. The lowest BCUT2D eigenvalue weighted by Gasteiger charge is -2.12. The third-order valence-corrected chi connectivity index (χ3v) is 3.09. The lowest BCUT2D eigenvalue weighted by molar-refractivity contribution is 0.0945. The lowest BCUT2D eigenvalue weighted by Crippen LogP contribution is -2.25. The predicted molar refractivity (Wildman–Crippen MR) is 89.2 cm³/mol. The molecule has 0 spiro atoms. The van der Waals surface area contributed by atoms with Gasteiger partial charge in [0.1, 0.15) is 17.3 Å². The number of carbonyl (C=O) groups is 1. The molecule has 0 aliphatic heterocycles. The molecule has 0 bridgehead atoms. The quantitative estimate of drug-likeness (QED) is 0.796. The number of nitrogens with zero attached hydrogens (tertiary/aromatic N) is 4. The zero-order valence-corrected chi connectivity index (χ0v) is 13.7. The van der Waals surface area contributed by atoms with Crippen molar-refractivity contribution in [2.45, 2.75) is 13.5 Å². The molecular weight excluding hydrogens is 292 g/mol. The minimum Gasteiger partial charge on any atom is -0.369 e. The average Bonchev–Trinajstić information content (AvgIpc) is 2.52. The summed E-state index contributed by atoms with van der Waals surface area (Å²) in [6.07, 6.45) is 1.70. The van der Waals surface area contributed by atoms with Crippen molar-refractivity contribution in [1.82, 2.24) is 25.2 Å². The van der Waals surface area contributed by atoms with Crippen LogP contribution in [0, 0.1) is 6.92 Å². The maximum Gasteiger partial charge on any atom is 0.270 e. The maximum atomic E-state index is 12.2. The fourth-order valence-corrected chi connectivity index (χ4v) is 1.95. The molecule has 1 amide bonds. The van der Waals surface area contributed by atoms with E-state index in [0.29, 0.717) is 23.9 Å². The van der Waals surface area contributed by atoms with Gasteiger partial charge in [0.25, 0.3) is 5.91 Å².